The van der Waals surface area contributed by atoms with Gasteiger partial charge in [-0.3, -0.25) is 4.98 Å². The van der Waals surface area contributed by atoms with E-state index in [2.05, 4.69) is 4.98 Å². The van der Waals surface area contributed by atoms with Crippen LogP contribution < -0.4 is 4.74 Å². The van der Waals surface area contributed by atoms with Gasteiger partial charge < -0.3 is 9.84 Å². The van der Waals surface area contributed by atoms with Crippen molar-refractivity contribution < 1.29 is 9.84 Å². The highest BCUT2D eigenvalue weighted by atomic mass is 35.5. The Morgan fingerprint density at radius 3 is 2.78 bits per heavy atom. The van der Waals surface area contributed by atoms with Crippen LogP contribution in [0, 0.1) is 0 Å². The summed E-state index contributed by atoms with van der Waals surface area (Å²) in [6.07, 6.45) is 0.717. The molecule has 1 heterocycles. The van der Waals surface area contributed by atoms with E-state index in [1.165, 1.54) is 0 Å². The molecule has 0 amide bonds. The SMILES string of the molecule is CCOc1ccccc1C(O)c1ncccc1Cl. The number of hydrogen-bond donors (Lipinski definition) is 1. The third kappa shape index (κ3) is 2.63. The van der Waals surface area contributed by atoms with Gasteiger partial charge in [0.1, 0.15) is 11.9 Å². The van der Waals surface area contributed by atoms with Gasteiger partial charge in [-0.05, 0) is 25.1 Å². The first-order chi connectivity index (χ1) is 8.74. The maximum absolute atomic E-state index is 10.4. The van der Waals surface area contributed by atoms with Crippen molar-refractivity contribution in [1.82, 2.24) is 4.98 Å². The zero-order chi connectivity index (χ0) is 13.0. The second kappa shape index (κ2) is 5.85. The van der Waals surface area contributed by atoms with Crippen molar-refractivity contribution in [3.05, 3.63) is 58.9 Å². The summed E-state index contributed by atoms with van der Waals surface area (Å²) in [5.41, 5.74) is 1.10. The van der Waals surface area contributed by atoms with Gasteiger partial charge in [0.2, 0.25) is 0 Å². The number of ether oxygens (including phenoxy) is 1. The fraction of sp³-hybridized carbons (Fsp3) is 0.214. The minimum Gasteiger partial charge on any atom is -0.493 e. The van der Waals surface area contributed by atoms with Gasteiger partial charge in [-0.1, -0.05) is 29.8 Å². The molecule has 2 rings (SSSR count). The van der Waals surface area contributed by atoms with Crippen LogP contribution in [-0.4, -0.2) is 16.7 Å². The zero-order valence-corrected chi connectivity index (χ0v) is 10.8. The summed E-state index contributed by atoms with van der Waals surface area (Å²) < 4.78 is 5.49. The smallest absolute Gasteiger partial charge is 0.126 e. The standard InChI is InChI=1S/C14H14ClNO2/c1-2-18-12-8-4-3-6-10(12)14(17)13-11(15)7-5-9-16-13/h3-9,14,17H,2H2,1H3. The molecule has 0 saturated carbocycles. The highest BCUT2D eigenvalue weighted by molar-refractivity contribution is 6.31. The summed E-state index contributed by atoms with van der Waals surface area (Å²) in [6, 6.07) is 10.8. The maximum atomic E-state index is 10.4. The van der Waals surface area contributed by atoms with Gasteiger partial charge in [0.05, 0.1) is 17.3 Å². The van der Waals surface area contributed by atoms with Gasteiger partial charge in [0, 0.05) is 11.8 Å². The van der Waals surface area contributed by atoms with E-state index < -0.39 is 6.10 Å². The lowest BCUT2D eigenvalue weighted by atomic mass is 10.0. The molecule has 1 aromatic carbocycles. The van der Waals surface area contributed by atoms with Crippen molar-refractivity contribution in [1.29, 1.82) is 0 Å². The quantitative estimate of drug-likeness (QED) is 0.921. The third-order valence-electron chi connectivity index (χ3n) is 2.56. The number of hydrogen-bond acceptors (Lipinski definition) is 3. The summed E-state index contributed by atoms with van der Waals surface area (Å²) in [7, 11) is 0. The summed E-state index contributed by atoms with van der Waals surface area (Å²) >= 11 is 6.04. The van der Waals surface area contributed by atoms with Crippen LogP contribution in [0.5, 0.6) is 5.75 Å². The Kier molecular flexibility index (Phi) is 4.18. The van der Waals surface area contributed by atoms with E-state index in [9.17, 15) is 5.11 Å². The number of nitrogens with zero attached hydrogens (tertiary/aromatic N) is 1. The average Bonchev–Trinajstić information content (AvgIpc) is 2.40. The van der Waals surface area contributed by atoms with Crippen molar-refractivity contribution in [2.24, 2.45) is 0 Å². The summed E-state index contributed by atoms with van der Waals surface area (Å²) in [5.74, 6) is 0.647. The van der Waals surface area contributed by atoms with E-state index >= 15 is 0 Å². The Hall–Kier alpha value is -1.58. The molecule has 0 fully saturated rings. The molecule has 0 bridgehead atoms. The molecular formula is C14H14ClNO2. The predicted molar refractivity (Wildman–Crippen MR) is 70.9 cm³/mol. The van der Waals surface area contributed by atoms with Gasteiger partial charge in [-0.25, -0.2) is 0 Å². The Labute approximate surface area is 111 Å². The largest absolute Gasteiger partial charge is 0.493 e. The number of aliphatic hydroxyl groups is 1. The maximum Gasteiger partial charge on any atom is 0.126 e. The number of para-hydroxylation sites is 1. The Morgan fingerprint density at radius 1 is 1.28 bits per heavy atom. The number of pyridine rings is 1. The van der Waals surface area contributed by atoms with Gasteiger partial charge in [0.15, 0.2) is 0 Å². The first-order valence-electron chi connectivity index (χ1n) is 5.74. The third-order valence-corrected chi connectivity index (χ3v) is 2.88. The van der Waals surface area contributed by atoms with Crippen LogP contribution in [-0.2, 0) is 0 Å². The van der Waals surface area contributed by atoms with Gasteiger partial charge in [-0.2, -0.15) is 0 Å². The molecule has 18 heavy (non-hydrogen) atoms. The first-order valence-corrected chi connectivity index (χ1v) is 6.12. The lowest BCUT2D eigenvalue weighted by molar-refractivity contribution is 0.207. The summed E-state index contributed by atoms with van der Waals surface area (Å²) in [4.78, 5) is 4.12. The molecule has 0 aliphatic heterocycles. The molecule has 1 unspecified atom stereocenters. The second-order valence-electron chi connectivity index (χ2n) is 3.74. The van der Waals surface area contributed by atoms with E-state index in [4.69, 9.17) is 16.3 Å². The van der Waals surface area contributed by atoms with Crippen molar-refractivity contribution in [3.8, 4) is 5.75 Å². The van der Waals surface area contributed by atoms with Crippen molar-refractivity contribution in [2.75, 3.05) is 6.61 Å². The fourth-order valence-corrected chi connectivity index (χ4v) is 1.96. The van der Waals surface area contributed by atoms with E-state index in [0.717, 1.165) is 0 Å². The summed E-state index contributed by atoms with van der Waals surface area (Å²) in [5, 5.41) is 10.8. The second-order valence-corrected chi connectivity index (χ2v) is 4.15. The van der Waals surface area contributed by atoms with Gasteiger partial charge in [-0.15, -0.1) is 0 Å². The van der Waals surface area contributed by atoms with Crippen molar-refractivity contribution >= 4 is 11.6 Å². The summed E-state index contributed by atoms with van der Waals surface area (Å²) in [6.45, 7) is 2.44. The lowest BCUT2D eigenvalue weighted by Gasteiger charge is -2.15. The predicted octanol–water partition coefficient (Wildman–Crippen LogP) is 3.22. The van der Waals surface area contributed by atoms with Crippen LogP contribution in [0.4, 0.5) is 0 Å². The number of benzene rings is 1. The topological polar surface area (TPSA) is 42.4 Å². The van der Waals surface area contributed by atoms with Crippen LogP contribution in [0.1, 0.15) is 24.3 Å². The molecule has 1 aromatic heterocycles. The minimum atomic E-state index is -0.888. The molecule has 1 atom stereocenters. The molecule has 0 aliphatic rings. The van der Waals surface area contributed by atoms with Crippen LogP contribution >= 0.6 is 11.6 Å². The lowest BCUT2D eigenvalue weighted by Crippen LogP contribution is -2.06. The molecule has 0 spiro atoms. The molecule has 3 nitrogen and oxygen atoms in total. The molecule has 4 heteroatoms. The van der Waals surface area contributed by atoms with Crippen LogP contribution in [0.25, 0.3) is 0 Å². The van der Waals surface area contributed by atoms with Crippen LogP contribution in [0.15, 0.2) is 42.6 Å². The molecular weight excluding hydrogens is 250 g/mol. The van der Waals surface area contributed by atoms with Crippen molar-refractivity contribution in [3.63, 3.8) is 0 Å². The molecule has 0 saturated heterocycles. The fourth-order valence-electron chi connectivity index (χ4n) is 1.74. The Bertz CT molecular complexity index is 531. The van der Waals surface area contributed by atoms with Crippen LogP contribution in [0.2, 0.25) is 5.02 Å². The normalized spacial score (nSPS) is 12.2. The highest BCUT2D eigenvalue weighted by Gasteiger charge is 2.18. The van der Waals surface area contributed by atoms with E-state index in [-0.39, 0.29) is 0 Å². The first kappa shape index (κ1) is 12.9. The average molecular weight is 264 g/mol. The van der Waals surface area contributed by atoms with E-state index in [1.807, 2.05) is 25.1 Å². The number of rotatable bonds is 4. The van der Waals surface area contributed by atoms with Crippen molar-refractivity contribution in [2.45, 2.75) is 13.0 Å². The number of halogens is 1. The van der Waals surface area contributed by atoms with Crippen LogP contribution in [0.3, 0.4) is 0 Å². The molecule has 1 N–H and O–H groups in total. The van der Waals surface area contributed by atoms with E-state index in [1.54, 1.807) is 24.4 Å². The highest BCUT2D eigenvalue weighted by Crippen LogP contribution is 2.31. The number of aromatic nitrogens is 1. The van der Waals surface area contributed by atoms with Gasteiger partial charge >= 0.3 is 0 Å². The Balaban J connectivity index is 2.40. The van der Waals surface area contributed by atoms with E-state index in [0.29, 0.717) is 28.6 Å². The molecule has 94 valence electrons. The minimum absolute atomic E-state index is 0.436. The number of aliphatic hydroxyl groups excluding tert-OH is 1. The molecule has 0 radical (unpaired) electrons. The Morgan fingerprint density at radius 2 is 2.06 bits per heavy atom. The zero-order valence-electron chi connectivity index (χ0n) is 10.0. The molecule has 2 aromatic rings. The van der Waals surface area contributed by atoms with Gasteiger partial charge in [0.25, 0.3) is 0 Å². The monoisotopic (exact) mass is 263 g/mol. The molecule has 0 aliphatic carbocycles.